The van der Waals surface area contributed by atoms with E-state index < -0.39 is 20.9 Å². The molecule has 0 radical (unpaired) electrons. The summed E-state index contributed by atoms with van der Waals surface area (Å²) in [5.41, 5.74) is 0.718. The van der Waals surface area contributed by atoms with E-state index >= 15 is 0 Å². The number of sulfone groups is 1. The van der Waals surface area contributed by atoms with Gasteiger partial charge in [-0.05, 0) is 43.0 Å². The number of hydrogen-bond donors (Lipinski definition) is 0. The Morgan fingerprint density at radius 3 is 2.46 bits per heavy atom. The van der Waals surface area contributed by atoms with Gasteiger partial charge in [0.05, 0.1) is 11.0 Å². The minimum Gasteiger partial charge on any atom is -0.338 e. The zero-order valence-electron chi connectivity index (χ0n) is 14.4. The molecule has 1 aliphatic heterocycles. The van der Waals surface area contributed by atoms with Crippen molar-refractivity contribution in [1.82, 2.24) is 4.90 Å². The minimum atomic E-state index is -3.53. The predicted octanol–water partition coefficient (Wildman–Crippen LogP) is 3.55. The molecule has 1 fully saturated rings. The Labute approximate surface area is 157 Å². The second-order valence-corrected chi connectivity index (χ2v) is 9.37. The third kappa shape index (κ3) is 3.94. The first-order chi connectivity index (χ1) is 12.4. The number of thioether (sulfide) groups is 1. The van der Waals surface area contributed by atoms with Crippen molar-refractivity contribution >= 4 is 27.5 Å². The Hall–Kier alpha value is -1.86. The van der Waals surface area contributed by atoms with Crippen LogP contribution in [0.15, 0.2) is 53.4 Å². The van der Waals surface area contributed by atoms with Gasteiger partial charge in [0.1, 0.15) is 5.82 Å². The summed E-state index contributed by atoms with van der Waals surface area (Å²) in [6.07, 6.45) is 2.15. The van der Waals surface area contributed by atoms with Crippen molar-refractivity contribution in [2.75, 3.05) is 25.1 Å². The standard InChI is InChI=1S/C19H20FNO3S2/c1-25-15-8-6-14(7-9-15)19(22)21-11-10-18(26(23,24)13-12-21)16-4-2-3-5-17(16)20/h2-9,18H,10-13H2,1H3. The Morgan fingerprint density at radius 1 is 1.12 bits per heavy atom. The molecule has 1 unspecified atom stereocenters. The first-order valence-electron chi connectivity index (χ1n) is 8.31. The molecule has 4 nitrogen and oxygen atoms in total. The maximum atomic E-state index is 14.1. The molecule has 3 rings (SSSR count). The van der Waals surface area contributed by atoms with Gasteiger partial charge in [0, 0.05) is 29.1 Å². The van der Waals surface area contributed by atoms with E-state index in [1.807, 2.05) is 18.4 Å². The van der Waals surface area contributed by atoms with Crippen molar-refractivity contribution in [3.8, 4) is 0 Å². The molecule has 1 heterocycles. The van der Waals surface area contributed by atoms with Gasteiger partial charge in [-0.25, -0.2) is 12.8 Å². The third-order valence-corrected chi connectivity index (χ3v) is 7.47. The maximum Gasteiger partial charge on any atom is 0.253 e. The summed E-state index contributed by atoms with van der Waals surface area (Å²) in [5.74, 6) is -0.878. The van der Waals surface area contributed by atoms with Crippen LogP contribution in [0.5, 0.6) is 0 Å². The van der Waals surface area contributed by atoms with E-state index in [0.717, 1.165) is 4.90 Å². The molecule has 1 atom stereocenters. The van der Waals surface area contributed by atoms with E-state index in [9.17, 15) is 17.6 Å². The van der Waals surface area contributed by atoms with Gasteiger partial charge in [-0.3, -0.25) is 4.79 Å². The largest absolute Gasteiger partial charge is 0.338 e. The molecule has 2 aromatic carbocycles. The third-order valence-electron chi connectivity index (χ3n) is 4.62. The van der Waals surface area contributed by atoms with Gasteiger partial charge < -0.3 is 4.90 Å². The molecule has 1 amide bonds. The highest BCUT2D eigenvalue weighted by Gasteiger charge is 2.34. The molecule has 7 heteroatoms. The van der Waals surface area contributed by atoms with Gasteiger partial charge in [0.15, 0.2) is 9.84 Å². The van der Waals surface area contributed by atoms with Crippen LogP contribution < -0.4 is 0 Å². The highest BCUT2D eigenvalue weighted by molar-refractivity contribution is 7.98. The van der Waals surface area contributed by atoms with Gasteiger partial charge in [-0.1, -0.05) is 18.2 Å². The van der Waals surface area contributed by atoms with Gasteiger partial charge in [0.25, 0.3) is 5.91 Å². The zero-order valence-corrected chi connectivity index (χ0v) is 16.0. The fourth-order valence-corrected chi connectivity index (χ4v) is 5.36. The van der Waals surface area contributed by atoms with Crippen LogP contribution in [0.25, 0.3) is 0 Å². The molecule has 2 aromatic rings. The van der Waals surface area contributed by atoms with Crippen LogP contribution >= 0.6 is 11.8 Å². The number of carbonyl (C=O) groups is 1. The number of nitrogens with zero attached hydrogens (tertiary/aromatic N) is 1. The van der Waals surface area contributed by atoms with Gasteiger partial charge in [-0.15, -0.1) is 11.8 Å². The average Bonchev–Trinajstić information content (AvgIpc) is 2.80. The summed E-state index contributed by atoms with van der Waals surface area (Å²) in [5, 5.41) is -0.916. The summed E-state index contributed by atoms with van der Waals surface area (Å²) in [7, 11) is -3.53. The normalized spacial score (nSPS) is 19.8. The van der Waals surface area contributed by atoms with Gasteiger partial charge in [-0.2, -0.15) is 0 Å². The Balaban J connectivity index is 1.82. The Bertz CT molecular complexity index is 897. The fourth-order valence-electron chi connectivity index (χ4n) is 3.15. The average molecular weight is 394 g/mol. The number of rotatable bonds is 3. The van der Waals surface area contributed by atoms with Crippen LogP contribution in [0.3, 0.4) is 0 Å². The molecule has 0 saturated carbocycles. The van der Waals surface area contributed by atoms with Crippen LogP contribution in [0.2, 0.25) is 0 Å². The number of hydrogen-bond acceptors (Lipinski definition) is 4. The van der Waals surface area contributed by atoms with Gasteiger partial charge >= 0.3 is 0 Å². The van der Waals surface area contributed by atoms with E-state index in [1.54, 1.807) is 34.9 Å². The van der Waals surface area contributed by atoms with E-state index in [1.165, 1.54) is 18.2 Å². The second kappa shape index (κ2) is 7.80. The second-order valence-electron chi connectivity index (χ2n) is 6.19. The van der Waals surface area contributed by atoms with Crippen LogP contribution in [0, 0.1) is 5.82 Å². The van der Waals surface area contributed by atoms with Crippen LogP contribution in [0.1, 0.15) is 27.6 Å². The molecule has 26 heavy (non-hydrogen) atoms. The molecule has 0 aromatic heterocycles. The first kappa shape index (κ1) is 18.9. The highest BCUT2D eigenvalue weighted by Crippen LogP contribution is 2.31. The Morgan fingerprint density at radius 2 is 1.81 bits per heavy atom. The van der Waals surface area contributed by atoms with Crippen molar-refractivity contribution in [1.29, 1.82) is 0 Å². The fraction of sp³-hybridized carbons (Fsp3) is 0.316. The molecule has 138 valence electrons. The van der Waals surface area contributed by atoms with Gasteiger partial charge in [0.2, 0.25) is 0 Å². The van der Waals surface area contributed by atoms with E-state index in [0.29, 0.717) is 5.56 Å². The molecule has 0 N–H and O–H groups in total. The number of carbonyl (C=O) groups excluding carboxylic acids is 1. The van der Waals surface area contributed by atoms with Crippen molar-refractivity contribution in [2.24, 2.45) is 0 Å². The number of benzene rings is 2. The lowest BCUT2D eigenvalue weighted by Crippen LogP contribution is -2.33. The van der Waals surface area contributed by atoms with Crippen molar-refractivity contribution in [3.05, 3.63) is 65.5 Å². The van der Waals surface area contributed by atoms with Crippen molar-refractivity contribution in [3.63, 3.8) is 0 Å². The number of amides is 1. The summed E-state index contributed by atoms with van der Waals surface area (Å²) < 4.78 is 39.4. The highest BCUT2D eigenvalue weighted by atomic mass is 32.2. The topological polar surface area (TPSA) is 54.5 Å². The zero-order chi connectivity index (χ0) is 18.7. The van der Waals surface area contributed by atoms with E-state index in [2.05, 4.69) is 0 Å². The summed E-state index contributed by atoms with van der Waals surface area (Å²) >= 11 is 1.59. The molecule has 0 bridgehead atoms. The summed E-state index contributed by atoms with van der Waals surface area (Å²) in [4.78, 5) is 15.3. The molecular weight excluding hydrogens is 373 g/mol. The molecule has 1 saturated heterocycles. The lowest BCUT2D eigenvalue weighted by atomic mass is 10.1. The maximum absolute atomic E-state index is 14.1. The molecule has 0 aliphatic carbocycles. The quantitative estimate of drug-likeness (QED) is 0.749. The van der Waals surface area contributed by atoms with E-state index in [4.69, 9.17) is 0 Å². The monoisotopic (exact) mass is 393 g/mol. The lowest BCUT2D eigenvalue weighted by molar-refractivity contribution is 0.0766. The minimum absolute atomic E-state index is 0.121. The van der Waals surface area contributed by atoms with E-state index in [-0.39, 0.29) is 36.7 Å². The van der Waals surface area contributed by atoms with Crippen LogP contribution in [-0.2, 0) is 9.84 Å². The SMILES string of the molecule is CSc1ccc(C(=O)N2CCC(c3ccccc3F)S(=O)(=O)CC2)cc1. The van der Waals surface area contributed by atoms with Crippen LogP contribution in [0.4, 0.5) is 4.39 Å². The number of halogens is 1. The first-order valence-corrected chi connectivity index (χ1v) is 11.3. The summed E-state index contributed by atoms with van der Waals surface area (Å²) in [6, 6.07) is 13.2. The van der Waals surface area contributed by atoms with Crippen molar-refractivity contribution in [2.45, 2.75) is 16.6 Å². The smallest absolute Gasteiger partial charge is 0.253 e. The summed E-state index contributed by atoms with van der Waals surface area (Å²) in [6.45, 7) is 0.401. The molecule has 0 spiro atoms. The lowest BCUT2D eigenvalue weighted by Gasteiger charge is -2.20. The predicted molar refractivity (Wildman–Crippen MR) is 102 cm³/mol. The van der Waals surface area contributed by atoms with Crippen molar-refractivity contribution < 1.29 is 17.6 Å². The molecule has 1 aliphatic rings. The molecular formula is C19H20FNO3S2. The van der Waals surface area contributed by atoms with Crippen LogP contribution in [-0.4, -0.2) is 44.3 Å². The Kier molecular flexibility index (Phi) is 5.67.